The molecular weight excluding hydrogens is 509 g/mol. The van der Waals surface area contributed by atoms with Crippen molar-refractivity contribution in [3.63, 3.8) is 0 Å². The molecule has 3 aromatic carbocycles. The van der Waals surface area contributed by atoms with Crippen molar-refractivity contribution in [3.05, 3.63) is 53.8 Å². The first-order valence-corrected chi connectivity index (χ1v) is 14.1. The number of benzene rings is 3. The monoisotopic (exact) mass is 545 g/mol. The van der Waals surface area contributed by atoms with Crippen LogP contribution in [0.5, 0.6) is 17.6 Å². The van der Waals surface area contributed by atoms with Crippen molar-refractivity contribution >= 4 is 21.7 Å². The zero-order chi connectivity index (χ0) is 27.9. The number of hydrogen-bond acceptors (Lipinski definition) is 7. The predicted octanol–water partition coefficient (Wildman–Crippen LogP) is 6.48. The van der Waals surface area contributed by atoms with Gasteiger partial charge in [0.1, 0.15) is 11.3 Å². The van der Waals surface area contributed by atoms with Gasteiger partial charge in [0.25, 0.3) is 0 Å². The first-order chi connectivity index (χ1) is 19.4. The number of hydrogen-bond donors (Lipinski definition) is 1. The van der Waals surface area contributed by atoms with Crippen molar-refractivity contribution < 1.29 is 23.7 Å². The molecule has 6 rings (SSSR count). The number of rotatable bonds is 8. The van der Waals surface area contributed by atoms with Crippen molar-refractivity contribution in [2.24, 2.45) is 5.41 Å². The summed E-state index contributed by atoms with van der Waals surface area (Å²) >= 11 is 0. The maximum atomic E-state index is 16.4. The Balaban J connectivity index is 1.42. The van der Waals surface area contributed by atoms with Crippen LogP contribution in [0.3, 0.4) is 0 Å². The topological polar surface area (TPSA) is 76.9 Å². The van der Waals surface area contributed by atoms with Crippen LogP contribution in [-0.4, -0.2) is 60.1 Å². The minimum absolute atomic E-state index is 0.00517. The van der Waals surface area contributed by atoms with Gasteiger partial charge in [-0.25, -0.2) is 4.39 Å². The van der Waals surface area contributed by atoms with Crippen molar-refractivity contribution in [1.82, 2.24) is 14.9 Å². The maximum absolute atomic E-state index is 16.4. The average molecular weight is 546 g/mol. The second-order valence-electron chi connectivity index (χ2n) is 11.2. The van der Waals surface area contributed by atoms with Crippen molar-refractivity contribution in [2.75, 3.05) is 34.1 Å². The number of aromatic nitrogens is 2. The first kappa shape index (κ1) is 26.7. The van der Waals surface area contributed by atoms with Crippen LogP contribution in [-0.2, 0) is 11.2 Å². The second-order valence-corrected chi connectivity index (χ2v) is 11.2. The van der Waals surface area contributed by atoms with Crippen molar-refractivity contribution in [1.29, 1.82) is 0 Å². The summed E-state index contributed by atoms with van der Waals surface area (Å²) in [5.41, 5.74) is 2.24. The molecule has 0 radical (unpaired) electrons. The summed E-state index contributed by atoms with van der Waals surface area (Å²) in [5, 5.41) is 12.9. The molecule has 0 unspecified atom stereocenters. The maximum Gasteiger partial charge on any atom is 0.320 e. The molecule has 1 N–H and O–H groups in total. The quantitative estimate of drug-likeness (QED) is 0.254. The number of likely N-dealkylation sites (tertiary alicyclic amines) is 1. The third-order valence-electron chi connectivity index (χ3n) is 8.88. The molecular formula is C32H36FN3O4. The lowest BCUT2D eigenvalue weighted by Crippen LogP contribution is -2.50. The lowest BCUT2D eigenvalue weighted by Gasteiger charge is -2.44. The molecule has 1 aromatic heterocycles. The van der Waals surface area contributed by atoms with E-state index in [0.29, 0.717) is 29.5 Å². The van der Waals surface area contributed by atoms with Gasteiger partial charge in [0.15, 0.2) is 12.6 Å². The fourth-order valence-corrected chi connectivity index (χ4v) is 6.98. The van der Waals surface area contributed by atoms with E-state index in [4.69, 9.17) is 14.2 Å². The first-order valence-electron chi connectivity index (χ1n) is 14.1. The van der Waals surface area contributed by atoms with Gasteiger partial charge >= 0.3 is 6.01 Å². The normalized spacial score (nSPS) is 21.1. The summed E-state index contributed by atoms with van der Waals surface area (Å²) in [5.74, 6) is -0.247. The van der Waals surface area contributed by atoms with Crippen LogP contribution in [0, 0.1) is 11.2 Å². The molecule has 8 heteroatoms. The molecule has 2 aliphatic rings. The highest BCUT2D eigenvalue weighted by Crippen LogP contribution is 2.47. The van der Waals surface area contributed by atoms with Crippen LogP contribution in [0.25, 0.3) is 32.8 Å². The SMILES string of the molecule is CCc1cccc2cc(OCOC)cc(-c3ccc4c(O)nc(OC[C@]56CCC[C@H]5N(C)CCC6)nc4c3F)c12. The van der Waals surface area contributed by atoms with E-state index in [2.05, 4.69) is 34.9 Å². The van der Waals surface area contributed by atoms with E-state index in [0.717, 1.165) is 55.0 Å². The summed E-state index contributed by atoms with van der Waals surface area (Å²) in [6, 6.07) is 13.6. The van der Waals surface area contributed by atoms with Crippen LogP contribution in [0.1, 0.15) is 44.6 Å². The van der Waals surface area contributed by atoms with Gasteiger partial charge in [0.05, 0.1) is 12.0 Å². The zero-order valence-corrected chi connectivity index (χ0v) is 23.4. The number of fused-ring (bicyclic) bond motifs is 3. The Morgan fingerprint density at radius 2 is 1.93 bits per heavy atom. The molecule has 210 valence electrons. The van der Waals surface area contributed by atoms with Crippen molar-refractivity contribution in [3.8, 4) is 28.8 Å². The number of ether oxygens (including phenoxy) is 3. The van der Waals surface area contributed by atoms with Crippen LogP contribution >= 0.6 is 0 Å². The molecule has 4 aromatic rings. The number of nitrogens with zero attached hydrogens (tertiary/aromatic N) is 3. The van der Waals surface area contributed by atoms with E-state index in [-0.39, 0.29) is 35.0 Å². The van der Waals surface area contributed by atoms with E-state index in [1.807, 2.05) is 24.3 Å². The van der Waals surface area contributed by atoms with E-state index < -0.39 is 5.82 Å². The number of halogens is 1. The van der Waals surface area contributed by atoms with Gasteiger partial charge in [-0.2, -0.15) is 9.97 Å². The molecule has 0 spiro atoms. The largest absolute Gasteiger partial charge is 0.493 e. The Morgan fingerprint density at radius 3 is 2.75 bits per heavy atom. The summed E-state index contributed by atoms with van der Waals surface area (Å²) in [6.07, 6.45) is 6.42. The molecule has 1 saturated carbocycles. The van der Waals surface area contributed by atoms with Gasteiger partial charge in [-0.15, -0.1) is 0 Å². The number of aromatic hydroxyl groups is 1. The summed E-state index contributed by atoms with van der Waals surface area (Å²) in [6.45, 7) is 3.72. The number of aryl methyl sites for hydroxylation is 1. The Morgan fingerprint density at radius 1 is 1.07 bits per heavy atom. The Kier molecular flexibility index (Phi) is 7.23. The summed E-state index contributed by atoms with van der Waals surface area (Å²) in [4.78, 5) is 11.1. The van der Waals surface area contributed by atoms with Gasteiger partial charge in [0.2, 0.25) is 5.88 Å². The van der Waals surface area contributed by atoms with Gasteiger partial charge < -0.3 is 24.2 Å². The molecule has 0 bridgehead atoms. The minimum Gasteiger partial charge on any atom is -0.493 e. The molecule has 7 nitrogen and oxygen atoms in total. The molecule has 1 aliphatic carbocycles. The Labute approximate surface area is 233 Å². The zero-order valence-electron chi connectivity index (χ0n) is 23.4. The number of piperidine rings is 1. The molecule has 40 heavy (non-hydrogen) atoms. The Hall–Kier alpha value is -3.49. The smallest absolute Gasteiger partial charge is 0.320 e. The van der Waals surface area contributed by atoms with E-state index >= 15 is 4.39 Å². The molecule has 2 atom stereocenters. The van der Waals surface area contributed by atoms with Gasteiger partial charge in [-0.3, -0.25) is 0 Å². The highest BCUT2D eigenvalue weighted by Gasteiger charge is 2.47. The van der Waals surface area contributed by atoms with Crippen LogP contribution in [0.15, 0.2) is 42.5 Å². The second kappa shape index (κ2) is 10.8. The van der Waals surface area contributed by atoms with Crippen LogP contribution < -0.4 is 9.47 Å². The van der Waals surface area contributed by atoms with E-state index in [9.17, 15) is 5.11 Å². The molecule has 1 saturated heterocycles. The van der Waals surface area contributed by atoms with E-state index in [1.165, 1.54) is 6.42 Å². The number of methoxy groups -OCH3 is 1. The minimum atomic E-state index is -0.537. The predicted molar refractivity (Wildman–Crippen MR) is 153 cm³/mol. The molecule has 0 amide bonds. The molecule has 2 fully saturated rings. The lowest BCUT2D eigenvalue weighted by atomic mass is 9.76. The highest BCUT2D eigenvalue weighted by molar-refractivity contribution is 6.02. The van der Waals surface area contributed by atoms with Crippen molar-refractivity contribution in [2.45, 2.75) is 51.5 Å². The fourth-order valence-electron chi connectivity index (χ4n) is 6.98. The standard InChI is InChI=1S/C32H36FN3O4/c1-4-20-8-5-9-21-16-22(40-19-38-3)17-25(27(20)21)23-11-12-24-29(28(23)33)34-31(35-30(24)37)39-18-32-13-6-10-26(32)36(2)15-7-14-32/h5,8-9,11-12,16-17,26H,4,6-7,10,13-15,18-19H2,1-3H3,(H,34,35,37)/t26-,32-/m1/s1. The average Bonchev–Trinajstić information content (AvgIpc) is 3.40. The lowest BCUT2D eigenvalue weighted by molar-refractivity contribution is 0.0131. The van der Waals surface area contributed by atoms with Gasteiger partial charge in [-0.05, 0) is 85.8 Å². The third kappa shape index (κ3) is 4.63. The summed E-state index contributed by atoms with van der Waals surface area (Å²) < 4.78 is 33.4. The molecule has 2 heterocycles. The summed E-state index contributed by atoms with van der Waals surface area (Å²) in [7, 11) is 3.74. The van der Waals surface area contributed by atoms with Crippen LogP contribution in [0.2, 0.25) is 0 Å². The van der Waals surface area contributed by atoms with E-state index in [1.54, 1.807) is 19.2 Å². The fraction of sp³-hybridized carbons (Fsp3) is 0.438. The Bertz CT molecular complexity index is 1560. The third-order valence-corrected chi connectivity index (χ3v) is 8.88. The molecule has 1 aliphatic heterocycles. The highest BCUT2D eigenvalue weighted by atomic mass is 19.1. The van der Waals surface area contributed by atoms with Gasteiger partial charge in [-0.1, -0.05) is 37.6 Å². The van der Waals surface area contributed by atoms with Gasteiger partial charge in [0, 0.05) is 24.1 Å². The van der Waals surface area contributed by atoms with Crippen LogP contribution in [0.4, 0.5) is 4.39 Å².